The van der Waals surface area contributed by atoms with E-state index in [-0.39, 0.29) is 6.09 Å². The number of benzene rings is 1. The summed E-state index contributed by atoms with van der Waals surface area (Å²) in [4.78, 5) is 33.6. The van der Waals surface area contributed by atoms with Gasteiger partial charge in [0, 0.05) is 36.6 Å². The van der Waals surface area contributed by atoms with Gasteiger partial charge in [0.1, 0.15) is 5.60 Å². The summed E-state index contributed by atoms with van der Waals surface area (Å²) in [6, 6.07) is 7.27. The summed E-state index contributed by atoms with van der Waals surface area (Å²) in [6.45, 7) is 7.43. The van der Waals surface area contributed by atoms with E-state index in [2.05, 4.69) is 9.97 Å². The molecule has 0 unspecified atom stereocenters. The highest BCUT2D eigenvalue weighted by molar-refractivity contribution is 5.93. The Kier molecular flexibility index (Phi) is 6.54. The van der Waals surface area contributed by atoms with Gasteiger partial charge < -0.3 is 20.1 Å². The monoisotopic (exact) mass is 412 g/mol. The van der Waals surface area contributed by atoms with Crippen LogP contribution >= 0.6 is 0 Å². The van der Waals surface area contributed by atoms with Crippen molar-refractivity contribution in [3.05, 3.63) is 42.2 Å². The lowest BCUT2D eigenvalue weighted by Gasteiger charge is -2.33. The summed E-state index contributed by atoms with van der Waals surface area (Å²) in [5.74, 6) is -0.119. The smallest absolute Gasteiger partial charge is 0.410 e. The van der Waals surface area contributed by atoms with Crippen LogP contribution in [0.25, 0.3) is 11.1 Å². The van der Waals surface area contributed by atoms with Crippen molar-refractivity contribution in [2.24, 2.45) is 11.7 Å². The number of piperidine rings is 1. The predicted octanol–water partition coefficient (Wildman–Crippen LogP) is 3.27. The first-order valence-corrected chi connectivity index (χ1v) is 10.0. The standard InChI is InChI=1S/C22H28N4O4/c1-22(2,3)30-21(28)26-10-8-15(9-11-26)14-29-20-24-12-18(13-25-20)16-4-6-17(7-5-16)19(23)27/h4-7,12-13,15H,8-11,14H2,1-3H3,(H2,23,27). The molecule has 8 nitrogen and oxygen atoms in total. The maximum absolute atomic E-state index is 12.1. The van der Waals surface area contributed by atoms with Gasteiger partial charge in [-0.05, 0) is 57.2 Å². The van der Waals surface area contributed by atoms with E-state index >= 15 is 0 Å². The van der Waals surface area contributed by atoms with Gasteiger partial charge in [0.15, 0.2) is 0 Å². The van der Waals surface area contributed by atoms with Crippen LogP contribution < -0.4 is 10.5 Å². The van der Waals surface area contributed by atoms with Crippen LogP contribution in [0.2, 0.25) is 0 Å². The van der Waals surface area contributed by atoms with Crippen LogP contribution in [-0.2, 0) is 4.74 Å². The zero-order chi connectivity index (χ0) is 21.7. The number of carbonyl (C=O) groups excluding carboxylic acids is 2. The Bertz CT molecular complexity index is 868. The number of nitrogens with zero attached hydrogens (tertiary/aromatic N) is 3. The molecule has 0 radical (unpaired) electrons. The van der Waals surface area contributed by atoms with Crippen LogP contribution in [0.3, 0.4) is 0 Å². The molecule has 1 fully saturated rings. The topological polar surface area (TPSA) is 108 Å². The minimum absolute atomic E-state index is 0.260. The molecule has 2 heterocycles. The van der Waals surface area contributed by atoms with Crippen molar-refractivity contribution in [1.29, 1.82) is 0 Å². The predicted molar refractivity (Wildman–Crippen MR) is 112 cm³/mol. The largest absolute Gasteiger partial charge is 0.463 e. The third kappa shape index (κ3) is 5.92. The molecule has 1 aliphatic rings. The molecule has 0 saturated carbocycles. The molecule has 8 heteroatoms. The highest BCUT2D eigenvalue weighted by Gasteiger charge is 2.27. The van der Waals surface area contributed by atoms with Crippen LogP contribution in [0, 0.1) is 5.92 Å². The van der Waals surface area contributed by atoms with Gasteiger partial charge in [0.25, 0.3) is 0 Å². The molecular weight excluding hydrogens is 384 g/mol. The molecule has 2 amide bonds. The number of hydrogen-bond donors (Lipinski definition) is 1. The number of likely N-dealkylation sites (tertiary alicyclic amines) is 1. The fraction of sp³-hybridized carbons (Fsp3) is 0.455. The lowest BCUT2D eigenvalue weighted by atomic mass is 9.98. The number of rotatable bonds is 5. The second kappa shape index (κ2) is 9.11. The lowest BCUT2D eigenvalue weighted by Crippen LogP contribution is -2.42. The molecule has 2 aromatic rings. The van der Waals surface area contributed by atoms with E-state index in [1.54, 1.807) is 41.6 Å². The summed E-state index contributed by atoms with van der Waals surface area (Å²) in [5.41, 5.74) is 6.95. The molecule has 2 N–H and O–H groups in total. The highest BCUT2D eigenvalue weighted by Crippen LogP contribution is 2.22. The number of ether oxygens (including phenoxy) is 2. The highest BCUT2D eigenvalue weighted by atomic mass is 16.6. The normalized spacial score (nSPS) is 15.0. The third-order valence-corrected chi connectivity index (χ3v) is 4.85. The quantitative estimate of drug-likeness (QED) is 0.807. The van der Waals surface area contributed by atoms with E-state index in [9.17, 15) is 9.59 Å². The van der Waals surface area contributed by atoms with Crippen LogP contribution in [0.5, 0.6) is 6.01 Å². The SMILES string of the molecule is CC(C)(C)OC(=O)N1CCC(COc2ncc(-c3ccc(C(N)=O)cc3)cn2)CC1. The first-order valence-electron chi connectivity index (χ1n) is 10.0. The first-order chi connectivity index (χ1) is 14.2. The zero-order valence-corrected chi connectivity index (χ0v) is 17.6. The first kappa shape index (κ1) is 21.5. The summed E-state index contributed by atoms with van der Waals surface area (Å²) in [7, 11) is 0. The lowest BCUT2D eigenvalue weighted by molar-refractivity contribution is 0.0163. The van der Waals surface area contributed by atoms with Crippen molar-refractivity contribution in [3.63, 3.8) is 0 Å². The molecule has 3 rings (SSSR count). The number of aromatic nitrogens is 2. The Balaban J connectivity index is 1.47. The molecule has 1 aromatic heterocycles. The van der Waals surface area contributed by atoms with Crippen LogP contribution in [0.4, 0.5) is 4.79 Å². The fourth-order valence-electron chi connectivity index (χ4n) is 3.17. The molecular formula is C22H28N4O4. The van der Waals surface area contributed by atoms with Crippen molar-refractivity contribution >= 4 is 12.0 Å². The van der Waals surface area contributed by atoms with Gasteiger partial charge in [-0.2, -0.15) is 0 Å². The fourth-order valence-corrected chi connectivity index (χ4v) is 3.17. The molecule has 0 atom stereocenters. The summed E-state index contributed by atoms with van der Waals surface area (Å²) in [5, 5.41) is 0. The van der Waals surface area contributed by atoms with Gasteiger partial charge in [-0.3, -0.25) is 4.79 Å². The van der Waals surface area contributed by atoms with Gasteiger partial charge in [0.05, 0.1) is 6.61 Å². The van der Waals surface area contributed by atoms with Crippen molar-refractivity contribution in [2.45, 2.75) is 39.2 Å². The van der Waals surface area contributed by atoms with Crippen molar-refractivity contribution in [3.8, 4) is 17.1 Å². The average Bonchev–Trinajstić information content (AvgIpc) is 2.72. The van der Waals surface area contributed by atoms with E-state index in [1.165, 1.54) is 0 Å². The van der Waals surface area contributed by atoms with Gasteiger partial charge >= 0.3 is 12.1 Å². The minimum Gasteiger partial charge on any atom is -0.463 e. The molecule has 1 aliphatic heterocycles. The summed E-state index contributed by atoms with van der Waals surface area (Å²) >= 11 is 0. The Morgan fingerprint density at radius 1 is 1.07 bits per heavy atom. The number of nitrogens with two attached hydrogens (primary N) is 1. The van der Waals surface area contributed by atoms with E-state index in [1.807, 2.05) is 20.8 Å². The van der Waals surface area contributed by atoms with Crippen molar-refractivity contribution in [1.82, 2.24) is 14.9 Å². The van der Waals surface area contributed by atoms with E-state index in [0.717, 1.165) is 24.0 Å². The Morgan fingerprint density at radius 3 is 2.20 bits per heavy atom. The number of hydrogen-bond acceptors (Lipinski definition) is 6. The minimum atomic E-state index is -0.482. The summed E-state index contributed by atoms with van der Waals surface area (Å²) in [6.07, 6.45) is 4.82. The van der Waals surface area contributed by atoms with Gasteiger partial charge in [-0.15, -0.1) is 0 Å². The molecule has 0 bridgehead atoms. The Labute approximate surface area is 176 Å². The number of primary amides is 1. The second-order valence-corrected chi connectivity index (χ2v) is 8.42. The summed E-state index contributed by atoms with van der Waals surface area (Å²) < 4.78 is 11.2. The molecule has 0 aliphatic carbocycles. The number of carbonyl (C=O) groups is 2. The molecule has 160 valence electrons. The second-order valence-electron chi connectivity index (χ2n) is 8.42. The van der Waals surface area contributed by atoms with Crippen LogP contribution in [-0.4, -0.2) is 52.2 Å². The number of amides is 2. The molecule has 0 spiro atoms. The average molecular weight is 412 g/mol. The Hall–Kier alpha value is -3.16. The Morgan fingerprint density at radius 2 is 1.67 bits per heavy atom. The van der Waals surface area contributed by atoms with Crippen LogP contribution in [0.15, 0.2) is 36.7 Å². The van der Waals surface area contributed by atoms with Crippen molar-refractivity contribution in [2.75, 3.05) is 19.7 Å². The van der Waals surface area contributed by atoms with E-state index in [0.29, 0.717) is 37.2 Å². The van der Waals surface area contributed by atoms with E-state index in [4.69, 9.17) is 15.2 Å². The molecule has 30 heavy (non-hydrogen) atoms. The van der Waals surface area contributed by atoms with Crippen molar-refractivity contribution < 1.29 is 19.1 Å². The van der Waals surface area contributed by atoms with Crippen LogP contribution in [0.1, 0.15) is 44.0 Å². The van der Waals surface area contributed by atoms with E-state index < -0.39 is 11.5 Å². The maximum atomic E-state index is 12.1. The third-order valence-electron chi connectivity index (χ3n) is 4.85. The van der Waals surface area contributed by atoms with Gasteiger partial charge in [-0.1, -0.05) is 12.1 Å². The van der Waals surface area contributed by atoms with Gasteiger partial charge in [-0.25, -0.2) is 14.8 Å². The maximum Gasteiger partial charge on any atom is 0.410 e. The van der Waals surface area contributed by atoms with Gasteiger partial charge in [0.2, 0.25) is 5.91 Å². The zero-order valence-electron chi connectivity index (χ0n) is 17.6. The molecule has 1 aromatic carbocycles. The molecule has 1 saturated heterocycles.